The van der Waals surface area contributed by atoms with Gasteiger partial charge in [-0.1, -0.05) is 44.2 Å². The Labute approximate surface area is 234 Å². The molecule has 6 aromatic rings. The van der Waals surface area contributed by atoms with E-state index >= 15 is 0 Å². The molecule has 0 aliphatic carbocycles. The molecule has 0 unspecified atom stereocenters. The van der Waals surface area contributed by atoms with Crippen LogP contribution in [0, 0.1) is 12.7 Å². The molecule has 0 atom stereocenters. The summed E-state index contributed by atoms with van der Waals surface area (Å²) in [5, 5.41) is 1.76. The summed E-state index contributed by atoms with van der Waals surface area (Å²) >= 11 is 0. The first-order valence-electron chi connectivity index (χ1n) is 13.2. The van der Waals surface area contributed by atoms with Gasteiger partial charge in [0, 0.05) is 28.6 Å². The minimum atomic E-state index is -0.577. The number of carbonyl (C=O) groups excluding carboxylic acids is 1. The van der Waals surface area contributed by atoms with Gasteiger partial charge in [-0.05, 0) is 77.6 Å². The number of hydrogen-bond acceptors (Lipinski definition) is 3. The van der Waals surface area contributed by atoms with E-state index in [0.29, 0.717) is 33.9 Å². The Kier molecular flexibility index (Phi) is 6.18. The van der Waals surface area contributed by atoms with Gasteiger partial charge in [-0.25, -0.2) is 13.8 Å². The van der Waals surface area contributed by atoms with Gasteiger partial charge in [0.2, 0.25) is 0 Å². The topological polar surface area (TPSA) is 103 Å². The van der Waals surface area contributed by atoms with Crippen LogP contribution in [0.3, 0.4) is 0 Å². The van der Waals surface area contributed by atoms with Crippen molar-refractivity contribution in [3.05, 3.63) is 128 Å². The fourth-order valence-electron chi connectivity index (χ4n) is 5.48. The minimum Gasteiger partial charge on any atom is -0.366 e. The zero-order valence-electron chi connectivity index (χ0n) is 22.7. The smallest absolute Gasteiger partial charge is 0.340 e. The number of nitrogens with zero attached hydrogens (tertiary/aromatic N) is 2. The normalized spacial score (nSPS) is 11.5. The molecule has 2 heterocycles. The summed E-state index contributed by atoms with van der Waals surface area (Å²) in [6.45, 7) is 6.09. The van der Waals surface area contributed by atoms with Crippen LogP contribution in [0.4, 0.5) is 4.39 Å². The van der Waals surface area contributed by atoms with Gasteiger partial charge in [0.15, 0.2) is 0 Å². The number of amides is 1. The summed E-state index contributed by atoms with van der Waals surface area (Å²) in [5.74, 6) is -0.646. The van der Waals surface area contributed by atoms with Gasteiger partial charge >= 0.3 is 5.69 Å². The number of carbonyl (C=O) groups is 1. The first-order valence-corrected chi connectivity index (χ1v) is 13.2. The molecule has 4 aromatic carbocycles. The highest BCUT2D eigenvalue weighted by Crippen LogP contribution is 2.39. The lowest BCUT2D eigenvalue weighted by molar-refractivity contribution is 0.100. The highest BCUT2D eigenvalue weighted by molar-refractivity contribution is 6.20. The fourth-order valence-corrected chi connectivity index (χ4v) is 5.48. The van der Waals surface area contributed by atoms with Crippen LogP contribution in [0.2, 0.25) is 0 Å². The predicted octanol–water partition coefficient (Wildman–Crippen LogP) is 5.96. The number of nitrogens with two attached hydrogens (primary N) is 1. The number of aromatic nitrogens is 3. The fraction of sp³-hybridized carbons (Fsp3) is 0.121. The van der Waals surface area contributed by atoms with Crippen LogP contribution in [0.1, 0.15) is 41.3 Å². The lowest BCUT2D eigenvalue weighted by Crippen LogP contribution is -2.37. The van der Waals surface area contributed by atoms with Crippen molar-refractivity contribution < 1.29 is 9.18 Å². The van der Waals surface area contributed by atoms with Crippen molar-refractivity contribution in [1.82, 2.24) is 14.1 Å². The van der Waals surface area contributed by atoms with Crippen molar-refractivity contribution in [2.75, 3.05) is 0 Å². The zero-order chi connectivity index (χ0) is 29.0. The number of rotatable bonds is 5. The quantitative estimate of drug-likeness (QED) is 0.279. The molecule has 204 valence electrons. The summed E-state index contributed by atoms with van der Waals surface area (Å²) < 4.78 is 15.9. The SMILES string of the molecule is Cc1c(-c2ccc(C(N)=O)c3[nH]c4cc(C(C)C)ccc4c23)cccc1-n1c(=O)ccn(-c2ccc(F)cc2)c1=O. The standard InChI is InChI=1S/C33H27FN4O3/c1-18(2)20-7-12-25-27(17-20)36-31-26(32(35)40)14-13-24(30(25)31)23-5-4-6-28(19(23)3)38-29(39)15-16-37(33(38)41)22-10-8-21(34)9-11-22/h4-18,36H,1-3H3,(H2,35,40). The number of fused-ring (bicyclic) bond motifs is 3. The number of nitrogens with one attached hydrogen (secondary N) is 1. The van der Waals surface area contributed by atoms with Crippen molar-refractivity contribution in [3.8, 4) is 22.5 Å². The lowest BCUT2D eigenvalue weighted by Gasteiger charge is -2.16. The van der Waals surface area contributed by atoms with Gasteiger partial charge in [0.05, 0.1) is 22.5 Å². The largest absolute Gasteiger partial charge is 0.366 e. The van der Waals surface area contributed by atoms with E-state index in [4.69, 9.17) is 5.73 Å². The molecular weight excluding hydrogens is 519 g/mol. The number of H-pyrrole nitrogens is 1. The average Bonchev–Trinajstić information content (AvgIpc) is 3.33. The number of primary amides is 1. The van der Waals surface area contributed by atoms with Crippen LogP contribution in [-0.4, -0.2) is 20.0 Å². The summed E-state index contributed by atoms with van der Waals surface area (Å²) in [7, 11) is 0. The summed E-state index contributed by atoms with van der Waals surface area (Å²) in [4.78, 5) is 42.4. The Hall–Kier alpha value is -5.24. The van der Waals surface area contributed by atoms with E-state index in [1.807, 2.05) is 25.1 Å². The van der Waals surface area contributed by atoms with E-state index in [-0.39, 0.29) is 0 Å². The predicted molar refractivity (Wildman–Crippen MR) is 160 cm³/mol. The third-order valence-electron chi connectivity index (χ3n) is 7.64. The molecule has 0 spiro atoms. The Morgan fingerprint density at radius 3 is 2.39 bits per heavy atom. The monoisotopic (exact) mass is 546 g/mol. The van der Waals surface area contributed by atoms with E-state index in [1.165, 1.54) is 41.1 Å². The molecule has 0 aliphatic heterocycles. The minimum absolute atomic E-state index is 0.322. The molecule has 0 fully saturated rings. The van der Waals surface area contributed by atoms with E-state index in [9.17, 15) is 18.8 Å². The molecule has 8 heteroatoms. The van der Waals surface area contributed by atoms with Crippen LogP contribution in [0.5, 0.6) is 0 Å². The second-order valence-corrected chi connectivity index (χ2v) is 10.4. The van der Waals surface area contributed by atoms with E-state index < -0.39 is 23.0 Å². The molecule has 41 heavy (non-hydrogen) atoms. The highest BCUT2D eigenvalue weighted by Gasteiger charge is 2.20. The highest BCUT2D eigenvalue weighted by atomic mass is 19.1. The van der Waals surface area contributed by atoms with E-state index in [0.717, 1.165) is 37.5 Å². The molecule has 6 rings (SSSR count). The third kappa shape index (κ3) is 4.24. The van der Waals surface area contributed by atoms with Gasteiger partial charge in [0.25, 0.3) is 11.5 Å². The van der Waals surface area contributed by atoms with Crippen LogP contribution >= 0.6 is 0 Å². The molecule has 0 saturated carbocycles. The van der Waals surface area contributed by atoms with Gasteiger partial charge in [-0.15, -0.1) is 0 Å². The van der Waals surface area contributed by atoms with Crippen LogP contribution in [-0.2, 0) is 0 Å². The summed E-state index contributed by atoms with van der Waals surface area (Å²) in [6, 6.07) is 22.0. The van der Waals surface area contributed by atoms with Crippen molar-refractivity contribution in [1.29, 1.82) is 0 Å². The van der Waals surface area contributed by atoms with Crippen molar-refractivity contribution >= 4 is 27.7 Å². The average molecular weight is 547 g/mol. The Morgan fingerprint density at radius 2 is 1.68 bits per heavy atom. The van der Waals surface area contributed by atoms with Gasteiger partial charge in [0.1, 0.15) is 5.82 Å². The Bertz CT molecular complexity index is 2120. The maximum absolute atomic E-state index is 13.6. The second kappa shape index (κ2) is 9.75. The maximum atomic E-state index is 13.6. The molecule has 0 aliphatic rings. The molecule has 0 radical (unpaired) electrons. The number of aromatic amines is 1. The van der Waals surface area contributed by atoms with E-state index in [2.05, 4.69) is 31.0 Å². The van der Waals surface area contributed by atoms with Gasteiger partial charge in [-0.2, -0.15) is 0 Å². The zero-order valence-corrected chi connectivity index (χ0v) is 22.7. The van der Waals surface area contributed by atoms with Crippen molar-refractivity contribution in [3.63, 3.8) is 0 Å². The first-order chi connectivity index (χ1) is 19.7. The second-order valence-electron chi connectivity index (χ2n) is 10.4. The molecule has 1 amide bonds. The lowest BCUT2D eigenvalue weighted by atomic mass is 9.92. The molecule has 0 bridgehead atoms. The summed E-state index contributed by atoms with van der Waals surface area (Å²) in [5.41, 5.74) is 10.9. The third-order valence-corrected chi connectivity index (χ3v) is 7.64. The molecular formula is C33H27FN4O3. The Morgan fingerprint density at radius 1 is 0.927 bits per heavy atom. The maximum Gasteiger partial charge on any atom is 0.340 e. The Balaban J connectivity index is 1.61. The van der Waals surface area contributed by atoms with Crippen LogP contribution < -0.4 is 17.0 Å². The van der Waals surface area contributed by atoms with Crippen LogP contribution in [0.15, 0.2) is 94.6 Å². The molecule has 3 N–H and O–H groups in total. The summed E-state index contributed by atoms with van der Waals surface area (Å²) in [6.07, 6.45) is 1.39. The molecule has 0 saturated heterocycles. The number of hydrogen-bond donors (Lipinski definition) is 2. The first kappa shape index (κ1) is 26.0. The van der Waals surface area contributed by atoms with Crippen molar-refractivity contribution in [2.24, 2.45) is 5.73 Å². The number of benzene rings is 4. The molecule has 7 nitrogen and oxygen atoms in total. The van der Waals surface area contributed by atoms with Crippen LogP contribution in [0.25, 0.3) is 44.3 Å². The van der Waals surface area contributed by atoms with E-state index in [1.54, 1.807) is 18.2 Å². The van der Waals surface area contributed by atoms with Crippen molar-refractivity contribution in [2.45, 2.75) is 26.7 Å². The molecule has 2 aromatic heterocycles. The van der Waals surface area contributed by atoms with Gasteiger partial charge in [-0.3, -0.25) is 14.2 Å². The van der Waals surface area contributed by atoms with Gasteiger partial charge < -0.3 is 10.7 Å². The number of halogens is 1.